The van der Waals surface area contributed by atoms with E-state index in [0.29, 0.717) is 0 Å². The van der Waals surface area contributed by atoms with Gasteiger partial charge in [0.2, 0.25) is 5.91 Å². The van der Waals surface area contributed by atoms with E-state index < -0.39 is 24.0 Å². The van der Waals surface area contributed by atoms with E-state index in [-0.39, 0.29) is 25.7 Å². The predicted molar refractivity (Wildman–Crippen MR) is 97.2 cm³/mol. The van der Waals surface area contributed by atoms with Crippen molar-refractivity contribution in [3.63, 3.8) is 0 Å². The molecule has 0 fully saturated rings. The first-order chi connectivity index (χ1) is 12.4. The summed E-state index contributed by atoms with van der Waals surface area (Å²) in [4.78, 5) is 35.7. The summed E-state index contributed by atoms with van der Waals surface area (Å²) in [7, 11) is 0. The molecule has 1 aromatic rings. The van der Waals surface area contributed by atoms with Crippen LogP contribution in [-0.4, -0.2) is 37.2 Å². The number of ether oxygens (including phenoxy) is 2. The minimum Gasteiger partial charge on any atom is -0.460 e. The van der Waals surface area contributed by atoms with Crippen LogP contribution in [-0.2, 0) is 25.7 Å². The van der Waals surface area contributed by atoms with Gasteiger partial charge in [0.1, 0.15) is 25.8 Å². The minimum absolute atomic E-state index is 0.108. The molecule has 1 atom stereocenters. The van der Waals surface area contributed by atoms with Crippen LogP contribution in [0.3, 0.4) is 0 Å². The second kappa shape index (κ2) is 11.7. The normalized spacial score (nSPS) is 11.8. The number of esters is 1. The predicted octanol–water partition coefficient (Wildman–Crippen LogP) is 2.17. The summed E-state index contributed by atoms with van der Waals surface area (Å²) in [5.41, 5.74) is 0.845. The maximum atomic E-state index is 12.2. The topological polar surface area (TPSA) is 93.7 Å². The van der Waals surface area contributed by atoms with Crippen LogP contribution >= 0.6 is 0 Å². The van der Waals surface area contributed by atoms with Gasteiger partial charge in [-0.1, -0.05) is 56.3 Å². The van der Waals surface area contributed by atoms with Crippen LogP contribution in [0.15, 0.2) is 42.5 Å². The molecule has 0 bridgehead atoms. The van der Waals surface area contributed by atoms with Gasteiger partial charge in [-0.15, -0.1) is 0 Å². The maximum Gasteiger partial charge on any atom is 0.408 e. The van der Waals surface area contributed by atoms with E-state index in [4.69, 9.17) is 9.47 Å². The fraction of sp³-hybridized carbons (Fsp3) is 0.421. The third-order valence-corrected chi connectivity index (χ3v) is 3.42. The Morgan fingerprint density at radius 3 is 2.42 bits per heavy atom. The summed E-state index contributed by atoms with van der Waals surface area (Å²) in [6, 6.07) is 8.40. The zero-order chi connectivity index (χ0) is 19.4. The van der Waals surface area contributed by atoms with Gasteiger partial charge in [-0.3, -0.25) is 9.59 Å². The van der Waals surface area contributed by atoms with Crippen molar-refractivity contribution in [2.45, 2.75) is 33.4 Å². The summed E-state index contributed by atoms with van der Waals surface area (Å²) < 4.78 is 10.0. The van der Waals surface area contributed by atoms with Crippen molar-refractivity contribution in [1.82, 2.24) is 10.6 Å². The molecule has 26 heavy (non-hydrogen) atoms. The van der Waals surface area contributed by atoms with Gasteiger partial charge in [0.05, 0.1) is 0 Å². The van der Waals surface area contributed by atoms with Gasteiger partial charge in [-0.25, -0.2) is 4.79 Å². The number of benzene rings is 1. The van der Waals surface area contributed by atoms with Crippen LogP contribution in [0, 0.1) is 5.92 Å². The highest BCUT2D eigenvalue weighted by Gasteiger charge is 2.25. The number of allylic oxidation sites excluding steroid dienone is 1. The molecular weight excluding hydrogens is 336 g/mol. The van der Waals surface area contributed by atoms with Crippen LogP contribution < -0.4 is 10.6 Å². The van der Waals surface area contributed by atoms with Gasteiger partial charge < -0.3 is 20.1 Å². The number of carbonyl (C=O) groups excluding carboxylic acids is 3. The lowest BCUT2D eigenvalue weighted by molar-refractivity contribution is -0.143. The molecule has 142 valence electrons. The van der Waals surface area contributed by atoms with Gasteiger partial charge >= 0.3 is 12.1 Å². The molecular formula is C19H26N2O5. The van der Waals surface area contributed by atoms with E-state index in [2.05, 4.69) is 10.6 Å². The SMILES string of the molecule is C/C=C/COC(=O)CNC(=O)C(NC(=O)OCc1ccccc1)C(C)C. The summed E-state index contributed by atoms with van der Waals surface area (Å²) in [5.74, 6) is -1.21. The first kappa shape index (κ1) is 21.2. The number of hydrogen-bond donors (Lipinski definition) is 2. The highest BCUT2D eigenvalue weighted by molar-refractivity contribution is 5.88. The Morgan fingerprint density at radius 1 is 1.12 bits per heavy atom. The number of carbonyl (C=O) groups is 3. The van der Waals surface area contributed by atoms with E-state index in [1.807, 2.05) is 37.3 Å². The van der Waals surface area contributed by atoms with Gasteiger partial charge in [0.25, 0.3) is 0 Å². The molecule has 0 aliphatic rings. The molecule has 0 aromatic heterocycles. The standard InChI is InChI=1S/C19H26N2O5/c1-4-5-11-25-16(22)12-20-18(23)17(14(2)3)21-19(24)26-13-15-9-7-6-8-10-15/h4-10,14,17H,11-13H2,1-3H3,(H,20,23)(H,21,24)/b5-4+. The van der Waals surface area contributed by atoms with Crippen LogP contribution in [0.4, 0.5) is 4.79 Å². The van der Waals surface area contributed by atoms with Gasteiger partial charge in [-0.2, -0.15) is 0 Å². The Morgan fingerprint density at radius 2 is 1.81 bits per heavy atom. The minimum atomic E-state index is -0.818. The summed E-state index contributed by atoms with van der Waals surface area (Å²) in [6.45, 7) is 5.38. The molecule has 2 N–H and O–H groups in total. The van der Waals surface area contributed by atoms with Gasteiger partial charge in [0.15, 0.2) is 0 Å². The third kappa shape index (κ3) is 8.32. The second-order valence-corrected chi connectivity index (χ2v) is 5.90. The Hall–Kier alpha value is -2.83. The average molecular weight is 362 g/mol. The Kier molecular flexibility index (Phi) is 9.53. The molecule has 7 nitrogen and oxygen atoms in total. The Balaban J connectivity index is 2.44. The lowest BCUT2D eigenvalue weighted by Crippen LogP contribution is -2.50. The molecule has 0 saturated carbocycles. The first-order valence-corrected chi connectivity index (χ1v) is 8.45. The van der Waals surface area contributed by atoms with E-state index in [0.717, 1.165) is 5.56 Å². The summed E-state index contributed by atoms with van der Waals surface area (Å²) in [6.07, 6.45) is 2.74. The molecule has 0 radical (unpaired) electrons. The number of amides is 2. The molecule has 2 amide bonds. The van der Waals surface area contributed by atoms with E-state index in [9.17, 15) is 14.4 Å². The lowest BCUT2D eigenvalue weighted by Gasteiger charge is -2.21. The molecule has 0 aliphatic heterocycles. The van der Waals surface area contributed by atoms with E-state index >= 15 is 0 Å². The molecule has 0 heterocycles. The third-order valence-electron chi connectivity index (χ3n) is 3.42. The number of hydrogen-bond acceptors (Lipinski definition) is 5. The Bertz CT molecular complexity index is 614. The van der Waals surface area contributed by atoms with Crippen molar-refractivity contribution in [2.24, 2.45) is 5.92 Å². The van der Waals surface area contributed by atoms with Crippen molar-refractivity contribution in [3.8, 4) is 0 Å². The van der Waals surface area contributed by atoms with Crippen LogP contribution in [0.2, 0.25) is 0 Å². The first-order valence-electron chi connectivity index (χ1n) is 8.45. The fourth-order valence-electron chi connectivity index (χ4n) is 1.98. The lowest BCUT2D eigenvalue weighted by atomic mass is 10.0. The smallest absolute Gasteiger partial charge is 0.408 e. The van der Waals surface area contributed by atoms with Crippen LogP contribution in [0.1, 0.15) is 26.3 Å². The maximum absolute atomic E-state index is 12.2. The molecule has 1 unspecified atom stereocenters. The van der Waals surface area contributed by atoms with Crippen molar-refractivity contribution in [3.05, 3.63) is 48.0 Å². The van der Waals surface area contributed by atoms with Gasteiger partial charge in [0, 0.05) is 0 Å². The quantitative estimate of drug-likeness (QED) is 0.519. The molecule has 0 saturated heterocycles. The zero-order valence-electron chi connectivity index (χ0n) is 15.4. The average Bonchev–Trinajstić information content (AvgIpc) is 2.63. The molecule has 1 rings (SSSR count). The number of rotatable bonds is 9. The Labute approximate surface area is 153 Å². The van der Waals surface area contributed by atoms with Crippen LogP contribution in [0.5, 0.6) is 0 Å². The van der Waals surface area contributed by atoms with Crippen molar-refractivity contribution in [1.29, 1.82) is 0 Å². The second-order valence-electron chi connectivity index (χ2n) is 5.90. The molecule has 0 aliphatic carbocycles. The summed E-state index contributed by atoms with van der Waals surface area (Å²) >= 11 is 0. The number of alkyl carbamates (subject to hydrolysis) is 1. The van der Waals surface area contributed by atoms with Crippen molar-refractivity contribution in [2.75, 3.05) is 13.2 Å². The highest BCUT2D eigenvalue weighted by atomic mass is 16.5. The van der Waals surface area contributed by atoms with Crippen molar-refractivity contribution < 1.29 is 23.9 Å². The monoisotopic (exact) mass is 362 g/mol. The van der Waals surface area contributed by atoms with Gasteiger partial charge in [-0.05, 0) is 18.4 Å². The molecule has 7 heteroatoms. The zero-order valence-corrected chi connectivity index (χ0v) is 15.4. The molecule has 1 aromatic carbocycles. The van der Waals surface area contributed by atoms with E-state index in [1.165, 1.54) is 0 Å². The molecule has 0 spiro atoms. The van der Waals surface area contributed by atoms with Crippen LogP contribution in [0.25, 0.3) is 0 Å². The summed E-state index contributed by atoms with van der Waals surface area (Å²) in [5, 5.41) is 4.99. The largest absolute Gasteiger partial charge is 0.460 e. The number of nitrogens with one attached hydrogen (secondary N) is 2. The fourth-order valence-corrected chi connectivity index (χ4v) is 1.98. The van der Waals surface area contributed by atoms with Crippen molar-refractivity contribution >= 4 is 18.0 Å². The van der Waals surface area contributed by atoms with E-state index in [1.54, 1.807) is 26.0 Å². The highest BCUT2D eigenvalue weighted by Crippen LogP contribution is 2.04.